The first-order valence-corrected chi connectivity index (χ1v) is 6.63. The number of hydrogen-bond acceptors (Lipinski definition) is 2. The van der Waals surface area contributed by atoms with Crippen molar-refractivity contribution in [3.05, 3.63) is 0 Å². The maximum Gasteiger partial charge on any atom is 0.322 e. The van der Waals surface area contributed by atoms with E-state index in [0.717, 1.165) is 11.8 Å². The first kappa shape index (κ1) is 11.1. The van der Waals surface area contributed by atoms with Gasteiger partial charge in [-0.25, -0.2) is 0 Å². The Balaban J connectivity index is 1.67. The highest BCUT2D eigenvalue weighted by Crippen LogP contribution is 2.56. The van der Waals surface area contributed by atoms with Gasteiger partial charge >= 0.3 is 5.97 Å². The van der Waals surface area contributed by atoms with E-state index in [9.17, 15) is 9.59 Å². The van der Waals surface area contributed by atoms with Crippen LogP contribution >= 0.6 is 0 Å². The molecule has 4 nitrogen and oxygen atoms in total. The second-order valence-corrected chi connectivity index (χ2v) is 6.07. The van der Waals surface area contributed by atoms with Crippen molar-refractivity contribution in [2.75, 3.05) is 6.54 Å². The average Bonchev–Trinajstić information content (AvgIpc) is 2.24. The fraction of sp³-hybridized carbons (Fsp3) is 0.846. The van der Waals surface area contributed by atoms with Crippen molar-refractivity contribution in [3.8, 4) is 0 Å². The zero-order valence-corrected chi connectivity index (χ0v) is 9.89. The molecule has 0 aromatic heterocycles. The van der Waals surface area contributed by atoms with Crippen LogP contribution in [0.4, 0.5) is 0 Å². The molecule has 17 heavy (non-hydrogen) atoms. The minimum atomic E-state index is -0.956. The van der Waals surface area contributed by atoms with Crippen molar-refractivity contribution in [1.29, 1.82) is 0 Å². The molecule has 4 saturated carbocycles. The molecule has 0 radical (unpaired) electrons. The van der Waals surface area contributed by atoms with Gasteiger partial charge < -0.3 is 10.4 Å². The lowest BCUT2D eigenvalue weighted by Crippen LogP contribution is -2.51. The number of carbonyl (C=O) groups is 2. The molecule has 4 aliphatic rings. The lowest BCUT2D eigenvalue weighted by molar-refractivity contribution is -0.143. The molecule has 94 valence electrons. The summed E-state index contributed by atoms with van der Waals surface area (Å²) in [5.74, 6) is 1.88. The number of carboxylic acid groups (broad SMARTS) is 1. The largest absolute Gasteiger partial charge is 0.480 e. The van der Waals surface area contributed by atoms with Gasteiger partial charge in [0.2, 0.25) is 5.91 Å². The van der Waals surface area contributed by atoms with E-state index < -0.39 is 5.97 Å². The molecule has 4 fully saturated rings. The zero-order valence-electron chi connectivity index (χ0n) is 9.89. The van der Waals surface area contributed by atoms with Crippen LogP contribution in [-0.2, 0) is 9.59 Å². The quantitative estimate of drug-likeness (QED) is 0.776. The van der Waals surface area contributed by atoms with Crippen molar-refractivity contribution < 1.29 is 14.7 Å². The number of carbonyl (C=O) groups excluding carboxylic acids is 1. The highest BCUT2D eigenvalue weighted by atomic mass is 16.4. The molecule has 2 N–H and O–H groups in total. The number of hydrogen-bond donors (Lipinski definition) is 2. The lowest BCUT2D eigenvalue weighted by Gasteiger charge is -2.53. The van der Waals surface area contributed by atoms with Crippen LogP contribution in [0.1, 0.15) is 32.1 Å². The van der Waals surface area contributed by atoms with Gasteiger partial charge in [-0.1, -0.05) is 0 Å². The third-order valence-corrected chi connectivity index (χ3v) is 4.94. The highest BCUT2D eigenvalue weighted by Gasteiger charge is 2.50. The SMILES string of the molecule is O=C(O)CNC(=O)C1C2CC3CC(C2)CC1C3. The Morgan fingerprint density at radius 1 is 1.00 bits per heavy atom. The lowest BCUT2D eigenvalue weighted by atomic mass is 9.51. The smallest absolute Gasteiger partial charge is 0.322 e. The van der Waals surface area contributed by atoms with Crippen LogP contribution in [0.5, 0.6) is 0 Å². The first-order chi connectivity index (χ1) is 8.13. The molecule has 0 saturated heterocycles. The molecule has 4 heteroatoms. The van der Waals surface area contributed by atoms with E-state index >= 15 is 0 Å². The summed E-state index contributed by atoms with van der Waals surface area (Å²) in [6.45, 7) is -0.234. The van der Waals surface area contributed by atoms with Crippen LogP contribution in [0.25, 0.3) is 0 Å². The predicted octanol–water partition coefficient (Wildman–Crippen LogP) is 1.26. The van der Waals surface area contributed by atoms with Gasteiger partial charge in [-0.15, -0.1) is 0 Å². The van der Waals surface area contributed by atoms with Crippen LogP contribution in [0.3, 0.4) is 0 Å². The fourth-order valence-electron chi connectivity index (χ4n) is 4.63. The molecule has 0 spiro atoms. The molecule has 0 unspecified atom stereocenters. The maximum atomic E-state index is 12.1. The molecular weight excluding hydrogens is 218 g/mol. The van der Waals surface area contributed by atoms with Gasteiger partial charge in [-0.2, -0.15) is 0 Å². The highest BCUT2D eigenvalue weighted by molar-refractivity contribution is 5.83. The number of rotatable bonds is 3. The summed E-state index contributed by atoms with van der Waals surface area (Å²) in [6.07, 6.45) is 6.14. The van der Waals surface area contributed by atoms with E-state index in [1.54, 1.807) is 0 Å². The molecule has 0 heterocycles. The van der Waals surface area contributed by atoms with Gasteiger partial charge in [-0.05, 0) is 55.8 Å². The predicted molar refractivity (Wildman–Crippen MR) is 61.2 cm³/mol. The van der Waals surface area contributed by atoms with Gasteiger partial charge in [0.25, 0.3) is 0 Å². The monoisotopic (exact) mass is 237 g/mol. The topological polar surface area (TPSA) is 66.4 Å². The minimum Gasteiger partial charge on any atom is -0.480 e. The van der Waals surface area contributed by atoms with Gasteiger partial charge in [0.1, 0.15) is 6.54 Å². The second-order valence-electron chi connectivity index (χ2n) is 6.07. The second kappa shape index (κ2) is 4.00. The Bertz CT molecular complexity index is 325. The molecule has 4 aliphatic carbocycles. The van der Waals surface area contributed by atoms with Gasteiger partial charge in [-0.3, -0.25) is 9.59 Å². The Morgan fingerprint density at radius 3 is 2.00 bits per heavy atom. The van der Waals surface area contributed by atoms with Crippen LogP contribution in [-0.4, -0.2) is 23.5 Å². The Hall–Kier alpha value is -1.06. The summed E-state index contributed by atoms with van der Waals surface area (Å²) < 4.78 is 0. The maximum absolute atomic E-state index is 12.1. The van der Waals surface area contributed by atoms with Gasteiger partial charge in [0, 0.05) is 5.92 Å². The number of carboxylic acids is 1. The van der Waals surface area contributed by atoms with Crippen LogP contribution in [0.15, 0.2) is 0 Å². The van der Waals surface area contributed by atoms with E-state index in [1.807, 2.05) is 0 Å². The number of aliphatic carboxylic acids is 1. The summed E-state index contributed by atoms with van der Waals surface area (Å²) in [7, 11) is 0. The number of amides is 1. The van der Waals surface area contributed by atoms with Crippen molar-refractivity contribution in [2.45, 2.75) is 32.1 Å². The van der Waals surface area contributed by atoms with Gasteiger partial charge in [0.15, 0.2) is 0 Å². The Labute approximate surface area is 101 Å². The van der Waals surface area contributed by atoms with Crippen molar-refractivity contribution >= 4 is 11.9 Å². The Morgan fingerprint density at radius 2 is 1.53 bits per heavy atom. The summed E-state index contributed by atoms with van der Waals surface area (Å²) in [5.41, 5.74) is 0. The zero-order chi connectivity index (χ0) is 12.0. The standard InChI is InChI=1S/C13H19NO3/c15-11(16)6-14-13(17)12-9-2-7-1-8(4-9)5-10(12)3-7/h7-10,12H,1-6H2,(H,14,17)(H,15,16). The van der Waals surface area contributed by atoms with Crippen molar-refractivity contribution in [3.63, 3.8) is 0 Å². The molecule has 1 amide bonds. The summed E-state index contributed by atoms with van der Waals surface area (Å²) in [6, 6.07) is 0. The molecule has 0 atom stereocenters. The van der Waals surface area contributed by atoms with E-state index in [0.29, 0.717) is 11.8 Å². The Kier molecular flexibility index (Phi) is 2.60. The van der Waals surface area contributed by atoms with E-state index in [4.69, 9.17) is 5.11 Å². The number of nitrogens with one attached hydrogen (secondary N) is 1. The van der Waals surface area contributed by atoms with Crippen LogP contribution in [0, 0.1) is 29.6 Å². The van der Waals surface area contributed by atoms with Gasteiger partial charge in [0.05, 0.1) is 0 Å². The van der Waals surface area contributed by atoms with E-state index in [1.165, 1.54) is 32.1 Å². The third-order valence-electron chi connectivity index (χ3n) is 4.94. The van der Waals surface area contributed by atoms with Crippen molar-refractivity contribution in [1.82, 2.24) is 5.32 Å². The minimum absolute atomic E-state index is 0.0128. The molecule has 0 aliphatic heterocycles. The normalized spacial score (nSPS) is 42.5. The fourth-order valence-corrected chi connectivity index (χ4v) is 4.63. The summed E-state index contributed by atoms with van der Waals surface area (Å²) >= 11 is 0. The van der Waals surface area contributed by atoms with E-state index in [-0.39, 0.29) is 18.4 Å². The molecule has 4 bridgehead atoms. The first-order valence-electron chi connectivity index (χ1n) is 6.63. The van der Waals surface area contributed by atoms with Crippen LogP contribution < -0.4 is 5.32 Å². The molecular formula is C13H19NO3. The van der Waals surface area contributed by atoms with E-state index in [2.05, 4.69) is 5.32 Å². The summed E-state index contributed by atoms with van der Waals surface area (Å²) in [4.78, 5) is 22.5. The molecule has 0 aromatic carbocycles. The molecule has 0 aromatic rings. The molecule has 4 rings (SSSR count). The third kappa shape index (κ3) is 1.94. The van der Waals surface area contributed by atoms with Crippen LogP contribution in [0.2, 0.25) is 0 Å². The average molecular weight is 237 g/mol. The van der Waals surface area contributed by atoms with Crippen molar-refractivity contribution in [2.24, 2.45) is 29.6 Å². The summed E-state index contributed by atoms with van der Waals surface area (Å²) in [5, 5.41) is 11.2.